The van der Waals surface area contributed by atoms with Gasteiger partial charge in [0.25, 0.3) is 0 Å². The summed E-state index contributed by atoms with van der Waals surface area (Å²) in [6.45, 7) is 9.48. The van der Waals surface area contributed by atoms with Gasteiger partial charge in [-0.15, -0.1) is 0 Å². The van der Waals surface area contributed by atoms with Crippen LogP contribution in [0.3, 0.4) is 0 Å². The average Bonchev–Trinajstić information content (AvgIpc) is 2.45. The largest absolute Gasteiger partial charge is 0.377 e. The van der Waals surface area contributed by atoms with Gasteiger partial charge >= 0.3 is 0 Å². The summed E-state index contributed by atoms with van der Waals surface area (Å²) in [6, 6.07) is 0. The van der Waals surface area contributed by atoms with Gasteiger partial charge in [-0.25, -0.2) is 0 Å². The molecule has 0 radical (unpaired) electrons. The maximum Gasteiger partial charge on any atom is 0.241 e. The van der Waals surface area contributed by atoms with Crippen LogP contribution in [0, 0.1) is 11.3 Å². The number of hydrogen-bond acceptors (Lipinski definition) is 4. The molecule has 0 aromatic carbocycles. The van der Waals surface area contributed by atoms with E-state index in [9.17, 15) is 4.79 Å². The Balaban J connectivity index is 1.97. The number of hydrogen-bond donors (Lipinski definition) is 2. The van der Waals surface area contributed by atoms with Gasteiger partial charge in [-0.3, -0.25) is 4.79 Å². The Morgan fingerprint density at radius 1 is 1.50 bits per heavy atom. The fourth-order valence-corrected chi connectivity index (χ4v) is 3.70. The van der Waals surface area contributed by atoms with Crippen molar-refractivity contribution >= 4 is 5.91 Å². The van der Waals surface area contributed by atoms with Gasteiger partial charge in [0.15, 0.2) is 0 Å². The van der Waals surface area contributed by atoms with Crippen molar-refractivity contribution < 1.29 is 9.53 Å². The minimum Gasteiger partial charge on any atom is -0.377 e. The molecule has 1 amide bonds. The van der Waals surface area contributed by atoms with E-state index in [1.54, 1.807) is 0 Å². The van der Waals surface area contributed by atoms with Gasteiger partial charge in [0.1, 0.15) is 5.54 Å². The molecule has 0 spiro atoms. The number of carbonyl (C=O) groups is 1. The van der Waals surface area contributed by atoms with E-state index in [2.05, 4.69) is 31.0 Å². The molecule has 0 aromatic rings. The number of ether oxygens (including phenoxy) is 1. The number of amides is 1. The third kappa shape index (κ3) is 2.26. The van der Waals surface area contributed by atoms with E-state index in [1.165, 1.54) is 0 Å². The summed E-state index contributed by atoms with van der Waals surface area (Å²) >= 11 is 0. The summed E-state index contributed by atoms with van der Waals surface area (Å²) in [5.74, 6) is 0.147. The van der Waals surface area contributed by atoms with E-state index in [0.717, 1.165) is 32.5 Å². The van der Waals surface area contributed by atoms with Crippen molar-refractivity contribution in [3.8, 4) is 0 Å². The molecule has 5 nitrogen and oxygen atoms in total. The van der Waals surface area contributed by atoms with Crippen molar-refractivity contribution in [3.63, 3.8) is 0 Å². The van der Waals surface area contributed by atoms with Crippen LogP contribution in [0.25, 0.3) is 0 Å². The summed E-state index contributed by atoms with van der Waals surface area (Å²) in [6.07, 6.45) is 2.12. The molecule has 1 aliphatic carbocycles. The van der Waals surface area contributed by atoms with Gasteiger partial charge in [0.05, 0.1) is 6.10 Å². The molecule has 2 fully saturated rings. The van der Waals surface area contributed by atoms with Crippen LogP contribution in [0.1, 0.15) is 33.6 Å². The SMILES string of the molecule is CCN(C)CCNC(=O)C1(N)C2CCCOC2C1(C)C. The number of carbonyl (C=O) groups excluding carboxylic acids is 1. The number of nitrogens with zero attached hydrogens (tertiary/aromatic N) is 1. The van der Waals surface area contributed by atoms with Crippen LogP contribution < -0.4 is 11.1 Å². The first-order valence-corrected chi connectivity index (χ1v) is 7.73. The first-order chi connectivity index (χ1) is 9.35. The molecule has 1 heterocycles. The Morgan fingerprint density at radius 2 is 2.20 bits per heavy atom. The maximum atomic E-state index is 12.6. The van der Waals surface area contributed by atoms with E-state index in [1.807, 2.05) is 7.05 Å². The zero-order chi connectivity index (χ0) is 15.0. The van der Waals surface area contributed by atoms with E-state index >= 15 is 0 Å². The van der Waals surface area contributed by atoms with Crippen molar-refractivity contribution in [3.05, 3.63) is 0 Å². The summed E-state index contributed by atoms with van der Waals surface area (Å²) in [5.41, 5.74) is 5.44. The molecule has 0 aromatic heterocycles. The van der Waals surface area contributed by atoms with Crippen LogP contribution in [-0.4, -0.2) is 55.7 Å². The lowest BCUT2D eigenvalue weighted by molar-refractivity contribution is -0.225. The molecule has 0 bridgehead atoms. The molecule has 1 aliphatic heterocycles. The molecule has 5 heteroatoms. The van der Waals surface area contributed by atoms with Gasteiger partial charge in [0, 0.05) is 31.0 Å². The van der Waals surface area contributed by atoms with E-state index in [0.29, 0.717) is 6.54 Å². The van der Waals surface area contributed by atoms with E-state index in [4.69, 9.17) is 10.5 Å². The van der Waals surface area contributed by atoms with Gasteiger partial charge in [-0.05, 0) is 26.4 Å². The van der Waals surface area contributed by atoms with Crippen LogP contribution in [-0.2, 0) is 9.53 Å². The zero-order valence-corrected chi connectivity index (χ0v) is 13.2. The molecular formula is C15H29N3O2. The number of fused-ring (bicyclic) bond motifs is 1. The highest BCUT2D eigenvalue weighted by molar-refractivity contribution is 5.89. The van der Waals surface area contributed by atoms with E-state index < -0.39 is 5.54 Å². The zero-order valence-electron chi connectivity index (χ0n) is 13.2. The summed E-state index contributed by atoms with van der Waals surface area (Å²) < 4.78 is 5.83. The van der Waals surface area contributed by atoms with Gasteiger partial charge in [0.2, 0.25) is 5.91 Å². The standard InChI is InChI=1S/C15H29N3O2/c1-5-18(4)9-8-17-13(19)15(16)11-7-6-10-20-12(11)14(15,2)3/h11-12H,5-10,16H2,1-4H3,(H,17,19). The van der Waals surface area contributed by atoms with Gasteiger partial charge < -0.3 is 20.7 Å². The predicted octanol–water partition coefficient (Wildman–Crippen LogP) is 0.587. The summed E-state index contributed by atoms with van der Waals surface area (Å²) in [4.78, 5) is 14.7. The highest BCUT2D eigenvalue weighted by Gasteiger charge is 2.70. The molecule has 1 saturated carbocycles. The Hall–Kier alpha value is -0.650. The van der Waals surface area contributed by atoms with Crippen molar-refractivity contribution in [2.75, 3.05) is 33.3 Å². The summed E-state index contributed by atoms with van der Waals surface area (Å²) in [5, 5.41) is 3.02. The second kappa shape index (κ2) is 5.62. The van der Waals surface area contributed by atoms with Crippen molar-refractivity contribution in [1.82, 2.24) is 10.2 Å². The van der Waals surface area contributed by atoms with Crippen LogP contribution in [0.15, 0.2) is 0 Å². The van der Waals surface area contributed by atoms with Crippen LogP contribution >= 0.6 is 0 Å². The molecule has 3 unspecified atom stereocenters. The number of rotatable bonds is 5. The fourth-order valence-electron chi connectivity index (χ4n) is 3.70. The Bertz CT molecular complexity index is 372. The molecule has 20 heavy (non-hydrogen) atoms. The molecule has 2 aliphatic rings. The monoisotopic (exact) mass is 283 g/mol. The molecule has 116 valence electrons. The fraction of sp³-hybridized carbons (Fsp3) is 0.933. The normalized spacial score (nSPS) is 35.3. The third-order valence-electron chi connectivity index (χ3n) is 5.38. The van der Waals surface area contributed by atoms with Crippen molar-refractivity contribution in [2.24, 2.45) is 17.1 Å². The second-order valence-corrected chi connectivity index (χ2v) is 6.78. The lowest BCUT2D eigenvalue weighted by Gasteiger charge is -2.65. The molecular weight excluding hydrogens is 254 g/mol. The van der Waals surface area contributed by atoms with Crippen molar-refractivity contribution in [2.45, 2.75) is 45.3 Å². The van der Waals surface area contributed by atoms with Crippen LogP contribution in [0.4, 0.5) is 0 Å². The minimum absolute atomic E-state index is 0.0150. The molecule has 1 saturated heterocycles. The predicted molar refractivity (Wildman–Crippen MR) is 79.3 cm³/mol. The Morgan fingerprint density at radius 3 is 2.85 bits per heavy atom. The first-order valence-electron chi connectivity index (χ1n) is 7.73. The number of likely N-dealkylation sites (N-methyl/N-ethyl adjacent to an activating group) is 1. The van der Waals surface area contributed by atoms with Gasteiger partial charge in [-0.2, -0.15) is 0 Å². The average molecular weight is 283 g/mol. The second-order valence-electron chi connectivity index (χ2n) is 6.78. The third-order valence-corrected chi connectivity index (χ3v) is 5.38. The molecule has 3 N–H and O–H groups in total. The Kier molecular flexibility index (Phi) is 4.42. The van der Waals surface area contributed by atoms with Crippen LogP contribution in [0.5, 0.6) is 0 Å². The van der Waals surface area contributed by atoms with Crippen molar-refractivity contribution in [1.29, 1.82) is 0 Å². The van der Waals surface area contributed by atoms with Gasteiger partial charge in [-0.1, -0.05) is 20.8 Å². The number of nitrogens with one attached hydrogen (secondary N) is 1. The smallest absolute Gasteiger partial charge is 0.241 e. The lowest BCUT2D eigenvalue weighted by Crippen LogP contribution is -2.82. The summed E-state index contributed by atoms with van der Waals surface area (Å²) in [7, 11) is 2.04. The highest BCUT2D eigenvalue weighted by Crippen LogP contribution is 2.57. The van der Waals surface area contributed by atoms with Crippen LogP contribution in [0.2, 0.25) is 0 Å². The van der Waals surface area contributed by atoms with E-state index in [-0.39, 0.29) is 23.3 Å². The number of nitrogens with two attached hydrogens (primary N) is 1. The first kappa shape index (κ1) is 15.7. The lowest BCUT2D eigenvalue weighted by atomic mass is 9.46. The topological polar surface area (TPSA) is 67.6 Å². The highest BCUT2D eigenvalue weighted by atomic mass is 16.5. The Labute approximate surface area is 122 Å². The minimum atomic E-state index is -0.789. The quantitative estimate of drug-likeness (QED) is 0.775. The molecule has 3 atom stereocenters. The molecule has 2 rings (SSSR count). The maximum absolute atomic E-state index is 12.6.